The fourth-order valence-electron chi connectivity index (χ4n) is 2.86. The summed E-state index contributed by atoms with van der Waals surface area (Å²) in [6.07, 6.45) is 4.45. The van der Waals surface area contributed by atoms with Crippen LogP contribution in [0.15, 0.2) is 0 Å². The summed E-state index contributed by atoms with van der Waals surface area (Å²) >= 11 is 0. The number of rotatable bonds is 4. The molecule has 4 nitrogen and oxygen atoms in total. The summed E-state index contributed by atoms with van der Waals surface area (Å²) in [5.74, 6) is 0. The van der Waals surface area contributed by atoms with Crippen LogP contribution >= 0.6 is 0 Å². The Hall–Kier alpha value is -0.160. The van der Waals surface area contributed by atoms with Crippen LogP contribution in [0.2, 0.25) is 0 Å². The van der Waals surface area contributed by atoms with Crippen LogP contribution in [0.25, 0.3) is 0 Å². The molecule has 0 aromatic rings. The first-order valence-electron chi connectivity index (χ1n) is 6.94. The topological polar surface area (TPSA) is 47.7 Å². The van der Waals surface area contributed by atoms with Gasteiger partial charge in [0.1, 0.15) is 0 Å². The molecule has 0 spiro atoms. The highest BCUT2D eigenvalue weighted by Crippen LogP contribution is 2.22. The Bertz CT molecular complexity index is 237. The number of hydrogen-bond donors (Lipinski definition) is 1. The van der Waals surface area contributed by atoms with Crippen LogP contribution in [0.1, 0.15) is 33.1 Å². The number of morpholine rings is 1. The zero-order valence-corrected chi connectivity index (χ0v) is 11.1. The lowest BCUT2D eigenvalue weighted by Gasteiger charge is -2.39. The molecule has 2 aliphatic rings. The molecule has 0 aromatic heterocycles. The minimum absolute atomic E-state index is 0.290. The zero-order chi connectivity index (χ0) is 12.3. The minimum Gasteiger partial charge on any atom is -0.376 e. The van der Waals surface area contributed by atoms with Gasteiger partial charge in [-0.25, -0.2) is 0 Å². The van der Waals surface area contributed by atoms with E-state index in [2.05, 4.69) is 18.7 Å². The third-order valence-corrected chi connectivity index (χ3v) is 3.95. The van der Waals surface area contributed by atoms with E-state index in [9.17, 15) is 0 Å². The van der Waals surface area contributed by atoms with Crippen molar-refractivity contribution in [3.8, 4) is 0 Å². The highest BCUT2D eigenvalue weighted by Gasteiger charge is 2.31. The van der Waals surface area contributed by atoms with Gasteiger partial charge in [-0.1, -0.05) is 6.92 Å². The highest BCUT2D eigenvalue weighted by molar-refractivity contribution is 4.83. The first-order valence-corrected chi connectivity index (χ1v) is 6.94. The highest BCUT2D eigenvalue weighted by atomic mass is 16.5. The van der Waals surface area contributed by atoms with Crippen molar-refractivity contribution >= 4 is 0 Å². The summed E-state index contributed by atoms with van der Waals surface area (Å²) in [5.41, 5.74) is 5.65. The molecular formula is C13H26N2O2. The van der Waals surface area contributed by atoms with Gasteiger partial charge in [-0.15, -0.1) is 0 Å². The van der Waals surface area contributed by atoms with Crippen molar-refractivity contribution in [3.63, 3.8) is 0 Å². The van der Waals surface area contributed by atoms with Gasteiger partial charge in [0.15, 0.2) is 0 Å². The molecule has 0 saturated carbocycles. The normalized spacial score (nSPS) is 39.7. The van der Waals surface area contributed by atoms with Crippen LogP contribution in [0.3, 0.4) is 0 Å². The number of nitrogens with two attached hydrogens (primary N) is 1. The van der Waals surface area contributed by atoms with Crippen molar-refractivity contribution in [3.05, 3.63) is 0 Å². The molecular weight excluding hydrogens is 216 g/mol. The summed E-state index contributed by atoms with van der Waals surface area (Å²) in [7, 11) is 0. The maximum atomic E-state index is 5.93. The predicted octanol–water partition coefficient (Wildman–Crippen LogP) is 0.992. The van der Waals surface area contributed by atoms with Crippen molar-refractivity contribution in [1.82, 2.24) is 4.90 Å². The average Bonchev–Trinajstić information content (AvgIpc) is 2.77. The first-order chi connectivity index (χ1) is 8.22. The van der Waals surface area contributed by atoms with Gasteiger partial charge in [0, 0.05) is 25.7 Å². The molecule has 17 heavy (non-hydrogen) atoms. The van der Waals surface area contributed by atoms with Crippen molar-refractivity contribution in [2.45, 2.75) is 57.5 Å². The van der Waals surface area contributed by atoms with Gasteiger partial charge in [-0.05, 0) is 26.2 Å². The minimum atomic E-state index is 0.290. The molecule has 4 atom stereocenters. The smallest absolute Gasteiger partial charge is 0.0707 e. The van der Waals surface area contributed by atoms with E-state index in [1.54, 1.807) is 0 Å². The summed E-state index contributed by atoms with van der Waals surface area (Å²) < 4.78 is 11.6. The van der Waals surface area contributed by atoms with E-state index < -0.39 is 0 Å². The van der Waals surface area contributed by atoms with Gasteiger partial charge in [0.05, 0.1) is 24.9 Å². The first kappa shape index (κ1) is 13.3. The second-order valence-electron chi connectivity index (χ2n) is 5.35. The van der Waals surface area contributed by atoms with E-state index in [0.29, 0.717) is 30.9 Å². The second kappa shape index (κ2) is 6.14. The monoisotopic (exact) mass is 242 g/mol. The van der Waals surface area contributed by atoms with Gasteiger partial charge < -0.3 is 15.2 Å². The largest absolute Gasteiger partial charge is 0.376 e. The third kappa shape index (κ3) is 3.41. The number of ether oxygens (including phenoxy) is 2. The maximum absolute atomic E-state index is 5.93. The Morgan fingerprint density at radius 3 is 2.71 bits per heavy atom. The van der Waals surface area contributed by atoms with Crippen LogP contribution in [-0.4, -0.2) is 55.5 Å². The number of nitrogens with zero attached hydrogens (tertiary/aromatic N) is 1. The summed E-state index contributed by atoms with van der Waals surface area (Å²) in [5, 5.41) is 0. The van der Waals surface area contributed by atoms with Gasteiger partial charge in [0.2, 0.25) is 0 Å². The van der Waals surface area contributed by atoms with Crippen molar-refractivity contribution < 1.29 is 9.47 Å². The number of hydrogen-bond acceptors (Lipinski definition) is 4. The summed E-state index contributed by atoms with van der Waals surface area (Å²) in [6.45, 7) is 7.98. The van der Waals surface area contributed by atoms with Crippen LogP contribution in [0.4, 0.5) is 0 Å². The average molecular weight is 242 g/mol. The molecule has 100 valence electrons. The molecule has 0 radical (unpaired) electrons. The van der Waals surface area contributed by atoms with Gasteiger partial charge in [-0.2, -0.15) is 0 Å². The molecule has 2 rings (SSSR count). The Labute approximate surface area is 104 Å². The van der Waals surface area contributed by atoms with Crippen molar-refractivity contribution in [1.29, 1.82) is 0 Å². The lowest BCUT2D eigenvalue weighted by molar-refractivity contribution is -0.0742. The molecule has 2 fully saturated rings. The molecule has 2 N–H and O–H groups in total. The molecule has 2 saturated heterocycles. The summed E-state index contributed by atoms with van der Waals surface area (Å²) in [6, 6.07) is 0.562. The van der Waals surface area contributed by atoms with Crippen LogP contribution in [0, 0.1) is 0 Å². The molecule has 0 bridgehead atoms. The van der Waals surface area contributed by atoms with E-state index >= 15 is 0 Å². The van der Waals surface area contributed by atoms with Gasteiger partial charge >= 0.3 is 0 Å². The van der Waals surface area contributed by atoms with Crippen LogP contribution < -0.4 is 5.73 Å². The Morgan fingerprint density at radius 2 is 2.06 bits per heavy atom. The van der Waals surface area contributed by atoms with E-state index in [1.807, 2.05) is 0 Å². The molecule has 0 aromatic carbocycles. The quantitative estimate of drug-likeness (QED) is 0.799. The molecule has 4 heteroatoms. The predicted molar refractivity (Wildman–Crippen MR) is 68.0 cm³/mol. The lowest BCUT2D eigenvalue weighted by atomic mass is 10.1. The molecule has 0 amide bonds. The Balaban J connectivity index is 1.83. The third-order valence-electron chi connectivity index (χ3n) is 3.95. The zero-order valence-electron chi connectivity index (χ0n) is 11.1. The van der Waals surface area contributed by atoms with Gasteiger partial charge in [0.25, 0.3) is 0 Å². The second-order valence-corrected chi connectivity index (χ2v) is 5.35. The lowest BCUT2D eigenvalue weighted by Crippen LogP contribution is -2.51. The standard InChI is InChI=1S/C13H26N2O2/c1-3-11-9-16-10(2)7-15(11)8-13-5-4-12(6-14)17-13/h10-13H,3-9,14H2,1-2H3. The van der Waals surface area contributed by atoms with Crippen molar-refractivity contribution in [2.75, 3.05) is 26.2 Å². The fourth-order valence-corrected chi connectivity index (χ4v) is 2.86. The Kier molecular flexibility index (Phi) is 4.79. The maximum Gasteiger partial charge on any atom is 0.0707 e. The van der Waals surface area contributed by atoms with Crippen LogP contribution in [-0.2, 0) is 9.47 Å². The van der Waals surface area contributed by atoms with E-state index in [4.69, 9.17) is 15.2 Å². The fraction of sp³-hybridized carbons (Fsp3) is 1.00. The molecule has 2 aliphatic heterocycles. The van der Waals surface area contributed by atoms with Gasteiger partial charge in [-0.3, -0.25) is 4.90 Å². The van der Waals surface area contributed by atoms with E-state index in [0.717, 1.165) is 39.0 Å². The molecule has 2 heterocycles. The molecule has 4 unspecified atom stereocenters. The Morgan fingerprint density at radius 1 is 1.29 bits per heavy atom. The summed E-state index contributed by atoms with van der Waals surface area (Å²) in [4.78, 5) is 2.54. The van der Waals surface area contributed by atoms with E-state index in [-0.39, 0.29) is 0 Å². The van der Waals surface area contributed by atoms with Crippen molar-refractivity contribution in [2.24, 2.45) is 5.73 Å². The van der Waals surface area contributed by atoms with E-state index in [1.165, 1.54) is 0 Å². The SMILES string of the molecule is CCC1COC(C)CN1CC1CCC(CN)O1. The molecule has 0 aliphatic carbocycles. The van der Waals surface area contributed by atoms with Crippen LogP contribution in [0.5, 0.6) is 0 Å².